The van der Waals surface area contributed by atoms with Crippen molar-refractivity contribution < 1.29 is 28.5 Å². The molecule has 124 valence electrons. The molecular formula is C14H27NO6. The average Bonchev–Trinajstić information content (AvgIpc) is 2.49. The summed E-state index contributed by atoms with van der Waals surface area (Å²) in [6.45, 7) is 5.00. The molecule has 0 aliphatic rings. The van der Waals surface area contributed by atoms with Gasteiger partial charge in [-0.15, -0.1) is 0 Å². The Balaban J connectivity index is 3.19. The van der Waals surface area contributed by atoms with E-state index in [2.05, 4.69) is 5.32 Å². The Morgan fingerprint density at radius 3 is 2.29 bits per heavy atom. The number of carbonyl (C=O) groups excluding carboxylic acids is 2. The molecule has 7 heteroatoms. The minimum absolute atomic E-state index is 0.0687. The summed E-state index contributed by atoms with van der Waals surface area (Å²) in [5, 5.41) is 2.72. The first-order valence-electron chi connectivity index (χ1n) is 7.21. The number of nitrogens with one attached hydrogen (secondary N) is 1. The molecule has 0 saturated carbocycles. The van der Waals surface area contributed by atoms with Crippen molar-refractivity contribution in [2.45, 2.75) is 19.8 Å². The average molecular weight is 305 g/mol. The van der Waals surface area contributed by atoms with E-state index in [4.69, 9.17) is 18.9 Å². The van der Waals surface area contributed by atoms with Crippen molar-refractivity contribution in [1.29, 1.82) is 0 Å². The maximum Gasteiger partial charge on any atom is 0.222 e. The van der Waals surface area contributed by atoms with E-state index in [9.17, 15) is 9.59 Å². The standard InChI is InChI=1S/C14H27NO6/c1-3-13(16)12-21-11-10-20-7-5-15-14(17)4-6-19-9-8-18-2/h3-12H2,1-2H3,(H,15,17). The Bertz CT molecular complexity index is 272. The Morgan fingerprint density at radius 1 is 0.905 bits per heavy atom. The van der Waals surface area contributed by atoms with Crippen LogP contribution in [0.3, 0.4) is 0 Å². The lowest BCUT2D eigenvalue weighted by Gasteiger charge is -2.07. The molecule has 0 rings (SSSR count). The Morgan fingerprint density at radius 2 is 1.57 bits per heavy atom. The van der Waals surface area contributed by atoms with Gasteiger partial charge in [-0.2, -0.15) is 0 Å². The van der Waals surface area contributed by atoms with Crippen LogP contribution in [0.25, 0.3) is 0 Å². The molecule has 0 radical (unpaired) electrons. The van der Waals surface area contributed by atoms with Crippen molar-refractivity contribution in [3.63, 3.8) is 0 Å². The third-order valence-corrected chi connectivity index (χ3v) is 2.50. The Hall–Kier alpha value is -1.02. The molecule has 0 aliphatic heterocycles. The highest BCUT2D eigenvalue weighted by atomic mass is 16.5. The van der Waals surface area contributed by atoms with Gasteiger partial charge in [-0.3, -0.25) is 9.59 Å². The number of ketones is 1. The third kappa shape index (κ3) is 15.2. The zero-order valence-corrected chi connectivity index (χ0v) is 13.0. The highest BCUT2D eigenvalue weighted by Crippen LogP contribution is 1.85. The fraction of sp³-hybridized carbons (Fsp3) is 0.857. The SMILES string of the molecule is CCC(=O)COCCOCCNC(=O)CCOCCOC. The summed E-state index contributed by atoms with van der Waals surface area (Å²) in [5.74, 6) is 0.00999. The van der Waals surface area contributed by atoms with Crippen LogP contribution in [0.15, 0.2) is 0 Å². The molecule has 0 aromatic heterocycles. The maximum absolute atomic E-state index is 11.4. The Labute approximate surface area is 126 Å². The second-order valence-corrected chi connectivity index (χ2v) is 4.26. The molecule has 0 fully saturated rings. The lowest BCUT2D eigenvalue weighted by molar-refractivity contribution is -0.124. The van der Waals surface area contributed by atoms with Crippen molar-refractivity contribution in [2.24, 2.45) is 0 Å². The van der Waals surface area contributed by atoms with Gasteiger partial charge in [-0.05, 0) is 0 Å². The van der Waals surface area contributed by atoms with E-state index in [-0.39, 0.29) is 18.3 Å². The predicted molar refractivity (Wildman–Crippen MR) is 77.3 cm³/mol. The van der Waals surface area contributed by atoms with Gasteiger partial charge in [-0.25, -0.2) is 0 Å². The molecule has 1 amide bonds. The number of Topliss-reactive ketones (excluding diaryl/α,β-unsaturated/α-hetero) is 1. The summed E-state index contributed by atoms with van der Waals surface area (Å²) in [4.78, 5) is 22.3. The molecule has 1 N–H and O–H groups in total. The summed E-state index contributed by atoms with van der Waals surface area (Å²) >= 11 is 0. The van der Waals surface area contributed by atoms with Crippen LogP contribution in [0, 0.1) is 0 Å². The minimum atomic E-state index is -0.0687. The van der Waals surface area contributed by atoms with E-state index >= 15 is 0 Å². The smallest absolute Gasteiger partial charge is 0.222 e. The number of rotatable bonds is 15. The van der Waals surface area contributed by atoms with Crippen LogP contribution in [0.1, 0.15) is 19.8 Å². The van der Waals surface area contributed by atoms with Crippen molar-refractivity contribution in [3.8, 4) is 0 Å². The molecule has 0 aliphatic carbocycles. The minimum Gasteiger partial charge on any atom is -0.382 e. The van der Waals surface area contributed by atoms with E-state index in [0.29, 0.717) is 59.0 Å². The number of carbonyl (C=O) groups is 2. The molecule has 0 aromatic carbocycles. The zero-order valence-electron chi connectivity index (χ0n) is 13.0. The van der Waals surface area contributed by atoms with Gasteiger partial charge in [0.1, 0.15) is 6.61 Å². The molecular weight excluding hydrogens is 278 g/mol. The molecule has 0 saturated heterocycles. The van der Waals surface area contributed by atoms with Crippen LogP contribution in [0.2, 0.25) is 0 Å². The molecule has 0 bridgehead atoms. The molecule has 7 nitrogen and oxygen atoms in total. The van der Waals surface area contributed by atoms with E-state index in [1.165, 1.54) is 0 Å². The molecule has 0 heterocycles. The second-order valence-electron chi connectivity index (χ2n) is 4.26. The van der Waals surface area contributed by atoms with Crippen molar-refractivity contribution in [1.82, 2.24) is 5.32 Å². The van der Waals surface area contributed by atoms with Gasteiger partial charge in [0.05, 0.1) is 39.6 Å². The van der Waals surface area contributed by atoms with E-state index < -0.39 is 0 Å². The van der Waals surface area contributed by atoms with Gasteiger partial charge < -0.3 is 24.3 Å². The van der Waals surface area contributed by atoms with Gasteiger partial charge in [0.15, 0.2) is 5.78 Å². The van der Waals surface area contributed by atoms with E-state index in [1.807, 2.05) is 0 Å². The molecule has 0 atom stereocenters. The number of hydrogen-bond acceptors (Lipinski definition) is 6. The largest absolute Gasteiger partial charge is 0.382 e. The number of hydrogen-bond donors (Lipinski definition) is 1. The second kappa shape index (κ2) is 15.4. The van der Waals surface area contributed by atoms with Crippen LogP contribution >= 0.6 is 0 Å². The molecule has 21 heavy (non-hydrogen) atoms. The van der Waals surface area contributed by atoms with Crippen LogP contribution < -0.4 is 5.32 Å². The fourth-order valence-electron chi connectivity index (χ4n) is 1.27. The lowest BCUT2D eigenvalue weighted by atomic mass is 10.3. The van der Waals surface area contributed by atoms with Crippen LogP contribution in [0.4, 0.5) is 0 Å². The molecule has 0 aromatic rings. The topological polar surface area (TPSA) is 83.1 Å². The van der Waals surface area contributed by atoms with Crippen LogP contribution in [-0.2, 0) is 28.5 Å². The number of ether oxygens (including phenoxy) is 4. The van der Waals surface area contributed by atoms with Gasteiger partial charge >= 0.3 is 0 Å². The molecule has 0 spiro atoms. The quantitative estimate of drug-likeness (QED) is 0.434. The lowest BCUT2D eigenvalue weighted by Crippen LogP contribution is -2.28. The Kier molecular flexibility index (Phi) is 14.6. The first-order valence-corrected chi connectivity index (χ1v) is 7.21. The normalized spacial score (nSPS) is 10.6. The first-order chi connectivity index (χ1) is 10.2. The predicted octanol–water partition coefficient (Wildman–Crippen LogP) is 0.168. The number of amides is 1. The summed E-state index contributed by atoms with van der Waals surface area (Å²) in [7, 11) is 1.60. The monoisotopic (exact) mass is 305 g/mol. The highest BCUT2D eigenvalue weighted by Gasteiger charge is 2.01. The maximum atomic E-state index is 11.4. The first kappa shape index (κ1) is 20.0. The van der Waals surface area contributed by atoms with Gasteiger partial charge in [0.25, 0.3) is 0 Å². The van der Waals surface area contributed by atoms with Crippen molar-refractivity contribution in [3.05, 3.63) is 0 Å². The van der Waals surface area contributed by atoms with Gasteiger partial charge in [0, 0.05) is 26.5 Å². The summed E-state index contributed by atoms with van der Waals surface area (Å²) in [6.07, 6.45) is 0.814. The van der Waals surface area contributed by atoms with Crippen molar-refractivity contribution in [2.75, 3.05) is 59.9 Å². The van der Waals surface area contributed by atoms with Crippen LogP contribution in [-0.4, -0.2) is 71.6 Å². The zero-order chi connectivity index (χ0) is 15.8. The highest BCUT2D eigenvalue weighted by molar-refractivity contribution is 5.79. The van der Waals surface area contributed by atoms with Crippen molar-refractivity contribution >= 4 is 11.7 Å². The third-order valence-electron chi connectivity index (χ3n) is 2.50. The van der Waals surface area contributed by atoms with Gasteiger partial charge in [0.2, 0.25) is 5.91 Å². The summed E-state index contributed by atoms with van der Waals surface area (Å²) in [5.41, 5.74) is 0. The van der Waals surface area contributed by atoms with Gasteiger partial charge in [-0.1, -0.05) is 6.92 Å². The van der Waals surface area contributed by atoms with E-state index in [1.54, 1.807) is 14.0 Å². The number of methoxy groups -OCH3 is 1. The molecule has 0 unspecified atom stereocenters. The fourth-order valence-corrected chi connectivity index (χ4v) is 1.27. The summed E-state index contributed by atoms with van der Waals surface area (Å²) < 4.78 is 20.4. The van der Waals surface area contributed by atoms with Crippen LogP contribution in [0.5, 0.6) is 0 Å². The van der Waals surface area contributed by atoms with E-state index in [0.717, 1.165) is 0 Å². The summed E-state index contributed by atoms with van der Waals surface area (Å²) in [6, 6.07) is 0.